The van der Waals surface area contributed by atoms with Crippen LogP contribution in [0.2, 0.25) is 5.02 Å². The van der Waals surface area contributed by atoms with Crippen molar-refractivity contribution in [2.24, 2.45) is 0 Å². The Hall–Kier alpha value is -2.58. The highest BCUT2D eigenvalue weighted by Gasteiger charge is 2.48. The van der Waals surface area contributed by atoms with Crippen LogP contribution >= 0.6 is 11.6 Å². The van der Waals surface area contributed by atoms with Gasteiger partial charge in [-0.25, -0.2) is 13.2 Å². The molecule has 1 fully saturated rings. The van der Waals surface area contributed by atoms with Crippen LogP contribution < -0.4 is 10.1 Å². The molecule has 1 N–H and O–H groups in total. The van der Waals surface area contributed by atoms with Gasteiger partial charge in [-0.3, -0.25) is 9.69 Å². The van der Waals surface area contributed by atoms with Gasteiger partial charge in [0.25, 0.3) is 5.91 Å². The van der Waals surface area contributed by atoms with E-state index in [-0.39, 0.29) is 18.0 Å². The molecule has 1 saturated heterocycles. The van der Waals surface area contributed by atoms with E-state index in [9.17, 15) is 18.0 Å². The fourth-order valence-corrected chi connectivity index (χ4v) is 3.75. The predicted molar refractivity (Wildman–Crippen MR) is 104 cm³/mol. The monoisotopic (exact) mass is 422 g/mol. The van der Waals surface area contributed by atoms with E-state index in [0.717, 1.165) is 11.2 Å². The molecule has 1 atom stereocenters. The average molecular weight is 423 g/mol. The maximum atomic E-state index is 12.9. The number of hydrogen-bond donors (Lipinski definition) is 1. The molecule has 0 radical (unpaired) electrons. The third-order valence-corrected chi connectivity index (χ3v) is 5.88. The predicted octanol–water partition coefficient (Wildman–Crippen LogP) is 2.59. The van der Waals surface area contributed by atoms with Gasteiger partial charge in [0.05, 0.1) is 11.4 Å². The molecule has 2 aromatic rings. The van der Waals surface area contributed by atoms with Crippen molar-refractivity contribution in [1.82, 2.24) is 10.2 Å². The molecule has 0 unspecified atom stereocenters. The van der Waals surface area contributed by atoms with Gasteiger partial charge in [0.1, 0.15) is 17.9 Å². The summed E-state index contributed by atoms with van der Waals surface area (Å²) in [6, 6.07) is 12.2. The molecule has 1 aliphatic rings. The molecule has 2 aromatic carbocycles. The molecule has 9 heteroatoms. The lowest BCUT2D eigenvalue weighted by atomic mass is 9.92. The number of carbonyl (C=O) groups excluding carboxylic acids is 2. The van der Waals surface area contributed by atoms with Gasteiger partial charge in [-0.2, -0.15) is 0 Å². The van der Waals surface area contributed by atoms with Crippen LogP contribution in [0.3, 0.4) is 0 Å². The van der Waals surface area contributed by atoms with Gasteiger partial charge in [0.2, 0.25) is 0 Å². The number of nitrogens with zero attached hydrogens (tertiary/aromatic N) is 1. The van der Waals surface area contributed by atoms with Crippen molar-refractivity contribution >= 4 is 33.4 Å². The molecule has 0 aromatic heterocycles. The molecule has 1 aliphatic heterocycles. The van der Waals surface area contributed by atoms with E-state index in [1.165, 1.54) is 24.3 Å². The van der Waals surface area contributed by atoms with Crippen LogP contribution in [0.25, 0.3) is 0 Å². The molecule has 0 bridgehead atoms. The van der Waals surface area contributed by atoms with E-state index in [2.05, 4.69) is 5.32 Å². The zero-order chi connectivity index (χ0) is 20.5. The van der Waals surface area contributed by atoms with Crippen LogP contribution in [0, 0.1) is 0 Å². The summed E-state index contributed by atoms with van der Waals surface area (Å²) in [5, 5.41) is 3.20. The highest BCUT2D eigenvalue weighted by molar-refractivity contribution is 7.90. The lowest BCUT2D eigenvalue weighted by Gasteiger charge is -2.22. The second-order valence-electron chi connectivity index (χ2n) is 6.61. The van der Waals surface area contributed by atoms with Crippen molar-refractivity contribution in [1.29, 1.82) is 0 Å². The van der Waals surface area contributed by atoms with Gasteiger partial charge in [0, 0.05) is 11.3 Å². The third-order valence-electron chi connectivity index (χ3n) is 4.51. The van der Waals surface area contributed by atoms with Crippen LogP contribution in [-0.2, 0) is 20.2 Å². The largest absolute Gasteiger partial charge is 0.492 e. The Morgan fingerprint density at radius 2 is 1.82 bits per heavy atom. The zero-order valence-electron chi connectivity index (χ0n) is 15.3. The van der Waals surface area contributed by atoms with E-state index in [4.69, 9.17) is 16.3 Å². The molecule has 148 valence electrons. The number of hydrogen-bond acceptors (Lipinski definition) is 5. The molecule has 0 spiro atoms. The lowest BCUT2D eigenvalue weighted by Crippen LogP contribution is -2.41. The Bertz CT molecular complexity index is 1020. The number of carbonyl (C=O) groups is 2. The van der Waals surface area contributed by atoms with E-state index in [1.807, 2.05) is 0 Å². The van der Waals surface area contributed by atoms with Gasteiger partial charge < -0.3 is 10.1 Å². The lowest BCUT2D eigenvalue weighted by molar-refractivity contribution is -0.131. The fraction of sp³-hybridized carbons (Fsp3) is 0.263. The summed E-state index contributed by atoms with van der Waals surface area (Å²) in [6.07, 6.45) is 1.11. The second-order valence-corrected chi connectivity index (χ2v) is 9.07. The quantitative estimate of drug-likeness (QED) is 0.722. The summed E-state index contributed by atoms with van der Waals surface area (Å²) in [7, 11) is -3.35. The summed E-state index contributed by atoms with van der Waals surface area (Å²) >= 11 is 5.90. The molecule has 3 rings (SSSR count). The van der Waals surface area contributed by atoms with Crippen molar-refractivity contribution in [3.05, 3.63) is 59.1 Å². The minimum atomic E-state index is -3.35. The molecule has 0 aliphatic carbocycles. The Morgan fingerprint density at radius 1 is 1.14 bits per heavy atom. The highest BCUT2D eigenvalue weighted by atomic mass is 35.5. The molecular formula is C19H19ClN2O5S. The molecule has 7 nitrogen and oxygen atoms in total. The number of urea groups is 1. The Morgan fingerprint density at radius 3 is 2.43 bits per heavy atom. The topological polar surface area (TPSA) is 92.8 Å². The minimum Gasteiger partial charge on any atom is -0.492 e. The standard InChI is InChI=1S/C19H19ClN2O5S/c1-19(13-6-8-16(9-7-13)28(2,25)26)17(23)22(18(24)21-19)10-11-27-15-5-3-4-14(20)12-15/h3-9,12H,10-11H2,1-2H3,(H,21,24)/t19-/m1/s1. The maximum absolute atomic E-state index is 12.9. The van der Waals surface area contributed by atoms with Crippen LogP contribution in [0.15, 0.2) is 53.4 Å². The fourth-order valence-electron chi connectivity index (χ4n) is 2.94. The first-order valence-electron chi connectivity index (χ1n) is 8.44. The SMILES string of the molecule is C[C@]1(c2ccc(S(C)(=O)=O)cc2)NC(=O)N(CCOc2cccc(Cl)c2)C1=O. The Balaban J connectivity index is 1.71. The van der Waals surface area contributed by atoms with Crippen molar-refractivity contribution in [2.45, 2.75) is 17.4 Å². The van der Waals surface area contributed by atoms with E-state index in [0.29, 0.717) is 16.3 Å². The number of imide groups is 1. The van der Waals surface area contributed by atoms with E-state index < -0.39 is 27.3 Å². The first-order chi connectivity index (χ1) is 13.1. The van der Waals surface area contributed by atoms with Crippen molar-refractivity contribution < 1.29 is 22.7 Å². The van der Waals surface area contributed by atoms with Gasteiger partial charge in [-0.15, -0.1) is 0 Å². The number of amides is 3. The smallest absolute Gasteiger partial charge is 0.325 e. The summed E-state index contributed by atoms with van der Waals surface area (Å²) in [5.74, 6) is 0.109. The van der Waals surface area contributed by atoms with Crippen molar-refractivity contribution in [2.75, 3.05) is 19.4 Å². The number of ether oxygens (including phenoxy) is 1. The molecule has 3 amide bonds. The molecule has 1 heterocycles. The summed E-state index contributed by atoms with van der Waals surface area (Å²) < 4.78 is 28.8. The van der Waals surface area contributed by atoms with Gasteiger partial charge >= 0.3 is 6.03 Å². The van der Waals surface area contributed by atoms with Crippen LogP contribution in [-0.4, -0.2) is 44.7 Å². The average Bonchev–Trinajstić information content (AvgIpc) is 2.85. The van der Waals surface area contributed by atoms with E-state index in [1.54, 1.807) is 31.2 Å². The van der Waals surface area contributed by atoms with Crippen LogP contribution in [0.5, 0.6) is 5.75 Å². The van der Waals surface area contributed by atoms with Crippen LogP contribution in [0.4, 0.5) is 4.79 Å². The first kappa shape index (κ1) is 20.2. The number of sulfone groups is 1. The van der Waals surface area contributed by atoms with E-state index >= 15 is 0 Å². The highest BCUT2D eigenvalue weighted by Crippen LogP contribution is 2.29. The summed E-state index contributed by atoms with van der Waals surface area (Å²) in [6.45, 7) is 1.76. The zero-order valence-corrected chi connectivity index (χ0v) is 16.9. The maximum Gasteiger partial charge on any atom is 0.325 e. The number of nitrogens with one attached hydrogen (secondary N) is 1. The number of halogens is 1. The summed E-state index contributed by atoms with van der Waals surface area (Å²) in [5.41, 5.74) is -0.778. The van der Waals surface area contributed by atoms with Crippen LogP contribution in [0.1, 0.15) is 12.5 Å². The molecule has 28 heavy (non-hydrogen) atoms. The third kappa shape index (κ3) is 3.98. The Kier molecular flexibility index (Phi) is 5.36. The Labute approximate surface area is 168 Å². The number of rotatable bonds is 6. The minimum absolute atomic E-state index is 0.0637. The van der Waals surface area contributed by atoms with Gasteiger partial charge in [0.15, 0.2) is 9.84 Å². The molecule has 0 saturated carbocycles. The van der Waals surface area contributed by atoms with Crippen molar-refractivity contribution in [3.63, 3.8) is 0 Å². The normalized spacial score (nSPS) is 19.6. The van der Waals surface area contributed by atoms with Gasteiger partial charge in [-0.1, -0.05) is 29.8 Å². The molecular weight excluding hydrogens is 404 g/mol. The van der Waals surface area contributed by atoms with Crippen molar-refractivity contribution in [3.8, 4) is 5.75 Å². The second kappa shape index (κ2) is 7.44. The first-order valence-corrected chi connectivity index (χ1v) is 10.7. The van der Waals surface area contributed by atoms with Gasteiger partial charge in [-0.05, 0) is 42.8 Å². The summed E-state index contributed by atoms with van der Waals surface area (Å²) in [4.78, 5) is 26.4. The number of benzene rings is 2.